The maximum atomic E-state index is 12.1. The number of amides is 1. The van der Waals surface area contributed by atoms with Gasteiger partial charge in [0.05, 0.1) is 11.4 Å². The number of pyridine rings is 2. The van der Waals surface area contributed by atoms with Crippen LogP contribution in [0.1, 0.15) is 11.1 Å². The van der Waals surface area contributed by atoms with E-state index in [1.54, 1.807) is 30.4 Å². The molecule has 0 saturated heterocycles. The number of hydrogen-bond acceptors (Lipinski definition) is 4. The topological polar surface area (TPSA) is 54.9 Å². The van der Waals surface area contributed by atoms with E-state index in [2.05, 4.69) is 27.4 Å². The summed E-state index contributed by atoms with van der Waals surface area (Å²) in [5.41, 5.74) is 4.02. The molecule has 0 spiro atoms. The molecular formula is C20H19N3OS. The Morgan fingerprint density at radius 3 is 2.64 bits per heavy atom. The fourth-order valence-corrected chi connectivity index (χ4v) is 3.24. The van der Waals surface area contributed by atoms with E-state index in [0.29, 0.717) is 12.3 Å². The second-order valence-corrected chi connectivity index (χ2v) is 6.49. The van der Waals surface area contributed by atoms with Crippen LogP contribution in [0.15, 0.2) is 73.2 Å². The molecule has 0 aliphatic rings. The van der Waals surface area contributed by atoms with Gasteiger partial charge in [0.25, 0.3) is 0 Å². The molecule has 0 fully saturated rings. The summed E-state index contributed by atoms with van der Waals surface area (Å²) in [4.78, 5) is 20.7. The molecule has 3 rings (SSSR count). The summed E-state index contributed by atoms with van der Waals surface area (Å²) in [6, 6.07) is 17.9. The smallest absolute Gasteiger partial charge is 0.230 e. The molecule has 5 heteroatoms. The van der Waals surface area contributed by atoms with Crippen molar-refractivity contribution in [3.8, 4) is 11.3 Å². The third kappa shape index (κ3) is 5.16. The maximum absolute atomic E-state index is 12.1. The average Bonchev–Trinajstić information content (AvgIpc) is 2.68. The lowest BCUT2D eigenvalue weighted by molar-refractivity contribution is -0.118. The number of thioether (sulfide) groups is 1. The number of benzene rings is 1. The highest BCUT2D eigenvalue weighted by atomic mass is 32.2. The van der Waals surface area contributed by atoms with Gasteiger partial charge >= 0.3 is 0 Å². The highest BCUT2D eigenvalue weighted by Gasteiger charge is 2.08. The predicted octanol–water partition coefficient (Wildman–Crippen LogP) is 3.69. The summed E-state index contributed by atoms with van der Waals surface area (Å²) < 4.78 is 0. The fraction of sp³-hybridized carbons (Fsp3) is 0.150. The van der Waals surface area contributed by atoms with Gasteiger partial charge in [-0.1, -0.05) is 36.4 Å². The first-order valence-electron chi connectivity index (χ1n) is 8.05. The van der Waals surface area contributed by atoms with Gasteiger partial charge in [0.15, 0.2) is 0 Å². The number of hydrogen-bond donors (Lipinski definition) is 1. The van der Waals surface area contributed by atoms with Crippen LogP contribution >= 0.6 is 11.8 Å². The fourth-order valence-electron chi connectivity index (χ4n) is 2.42. The van der Waals surface area contributed by atoms with Gasteiger partial charge in [-0.25, -0.2) is 0 Å². The molecule has 1 amide bonds. The maximum Gasteiger partial charge on any atom is 0.230 e. The first-order chi connectivity index (χ1) is 12.3. The van der Waals surface area contributed by atoms with Gasteiger partial charge in [0.1, 0.15) is 0 Å². The molecule has 3 aromatic rings. The van der Waals surface area contributed by atoms with Crippen LogP contribution in [0.4, 0.5) is 0 Å². The van der Waals surface area contributed by atoms with E-state index >= 15 is 0 Å². The molecule has 1 aromatic carbocycles. The molecule has 0 unspecified atom stereocenters. The largest absolute Gasteiger partial charge is 0.351 e. The zero-order valence-electron chi connectivity index (χ0n) is 13.8. The third-order valence-corrected chi connectivity index (χ3v) is 4.65. The van der Waals surface area contributed by atoms with Gasteiger partial charge in [0.2, 0.25) is 5.91 Å². The molecule has 4 nitrogen and oxygen atoms in total. The van der Waals surface area contributed by atoms with Crippen molar-refractivity contribution in [3.63, 3.8) is 0 Å². The van der Waals surface area contributed by atoms with Crippen molar-refractivity contribution in [1.29, 1.82) is 0 Å². The summed E-state index contributed by atoms with van der Waals surface area (Å²) in [6.07, 6.45) is 5.27. The molecule has 2 aromatic heterocycles. The average molecular weight is 349 g/mol. The number of carbonyl (C=O) groups is 1. The molecule has 25 heavy (non-hydrogen) atoms. The predicted molar refractivity (Wildman–Crippen MR) is 102 cm³/mol. The summed E-state index contributed by atoms with van der Waals surface area (Å²) >= 11 is 1.61. The zero-order chi connectivity index (χ0) is 17.3. The van der Waals surface area contributed by atoms with E-state index in [-0.39, 0.29) is 5.91 Å². The van der Waals surface area contributed by atoms with Crippen LogP contribution < -0.4 is 5.32 Å². The van der Waals surface area contributed by atoms with E-state index in [4.69, 9.17) is 0 Å². The number of carbonyl (C=O) groups excluding carboxylic acids is 1. The van der Waals surface area contributed by atoms with Gasteiger partial charge in [-0.05, 0) is 29.3 Å². The Morgan fingerprint density at radius 2 is 1.84 bits per heavy atom. The van der Waals surface area contributed by atoms with Crippen molar-refractivity contribution >= 4 is 17.7 Å². The molecule has 0 saturated carbocycles. The van der Waals surface area contributed by atoms with Crippen molar-refractivity contribution in [2.45, 2.75) is 12.3 Å². The van der Waals surface area contributed by atoms with Crippen LogP contribution in [0.5, 0.6) is 0 Å². The van der Waals surface area contributed by atoms with Gasteiger partial charge in [-0.2, -0.15) is 0 Å². The van der Waals surface area contributed by atoms with Crippen molar-refractivity contribution in [2.24, 2.45) is 0 Å². The van der Waals surface area contributed by atoms with Crippen LogP contribution in [0.2, 0.25) is 0 Å². The van der Waals surface area contributed by atoms with Gasteiger partial charge < -0.3 is 5.32 Å². The van der Waals surface area contributed by atoms with Crippen LogP contribution in [0, 0.1) is 0 Å². The molecule has 126 valence electrons. The van der Waals surface area contributed by atoms with Crippen LogP contribution in [-0.2, 0) is 17.1 Å². The van der Waals surface area contributed by atoms with E-state index in [0.717, 1.165) is 22.6 Å². The Hall–Kier alpha value is -2.66. The number of nitrogens with one attached hydrogen (secondary N) is 1. The van der Waals surface area contributed by atoms with Gasteiger partial charge in [0, 0.05) is 36.5 Å². The molecule has 0 aliphatic heterocycles. The van der Waals surface area contributed by atoms with Crippen molar-refractivity contribution in [1.82, 2.24) is 15.3 Å². The third-order valence-electron chi connectivity index (χ3n) is 3.65. The standard InChI is InChI=1S/C20H19N3OS/c24-19(15-25-14-16-6-2-1-3-7-16)23-13-18-9-5-11-22-20(18)17-8-4-10-21-12-17/h1-12H,13-15H2,(H,23,24). The van der Waals surface area contributed by atoms with Crippen molar-refractivity contribution in [2.75, 3.05) is 5.75 Å². The van der Waals surface area contributed by atoms with Crippen molar-refractivity contribution < 1.29 is 4.79 Å². The van der Waals surface area contributed by atoms with Crippen LogP contribution in [0.25, 0.3) is 11.3 Å². The lowest BCUT2D eigenvalue weighted by Crippen LogP contribution is -2.25. The Morgan fingerprint density at radius 1 is 1.00 bits per heavy atom. The Bertz CT molecular complexity index is 809. The summed E-state index contributed by atoms with van der Waals surface area (Å²) in [7, 11) is 0. The molecule has 0 atom stereocenters. The lowest BCUT2D eigenvalue weighted by Gasteiger charge is -2.10. The quantitative estimate of drug-likeness (QED) is 0.707. The van der Waals surface area contributed by atoms with E-state index < -0.39 is 0 Å². The normalized spacial score (nSPS) is 10.4. The highest BCUT2D eigenvalue weighted by molar-refractivity contribution is 7.99. The number of aromatic nitrogens is 2. The second kappa shape index (κ2) is 8.99. The number of nitrogens with zero attached hydrogens (tertiary/aromatic N) is 2. The molecule has 1 N–H and O–H groups in total. The Kier molecular flexibility index (Phi) is 6.17. The first kappa shape index (κ1) is 17.2. The van der Waals surface area contributed by atoms with E-state index in [1.807, 2.05) is 42.5 Å². The minimum atomic E-state index is 0.0296. The SMILES string of the molecule is O=C(CSCc1ccccc1)NCc1cccnc1-c1cccnc1. The molecule has 2 heterocycles. The van der Waals surface area contributed by atoms with Crippen molar-refractivity contribution in [3.05, 3.63) is 84.3 Å². The molecule has 0 aliphatic carbocycles. The summed E-state index contributed by atoms with van der Waals surface area (Å²) in [5.74, 6) is 1.31. The highest BCUT2D eigenvalue weighted by Crippen LogP contribution is 2.19. The summed E-state index contributed by atoms with van der Waals surface area (Å²) in [6.45, 7) is 0.461. The zero-order valence-corrected chi connectivity index (χ0v) is 14.6. The molecule has 0 radical (unpaired) electrons. The van der Waals surface area contributed by atoms with Crippen LogP contribution in [0.3, 0.4) is 0 Å². The van der Waals surface area contributed by atoms with Gasteiger partial charge in [-0.15, -0.1) is 11.8 Å². The van der Waals surface area contributed by atoms with E-state index in [1.165, 1.54) is 5.56 Å². The molecule has 0 bridgehead atoms. The number of rotatable bonds is 7. The Balaban J connectivity index is 1.52. The van der Waals surface area contributed by atoms with Gasteiger partial charge in [-0.3, -0.25) is 14.8 Å². The Labute approximate surface area is 151 Å². The minimum Gasteiger partial charge on any atom is -0.351 e. The van der Waals surface area contributed by atoms with Crippen LogP contribution in [-0.4, -0.2) is 21.6 Å². The monoisotopic (exact) mass is 349 g/mol. The lowest BCUT2D eigenvalue weighted by atomic mass is 10.1. The summed E-state index contributed by atoms with van der Waals surface area (Å²) in [5, 5.41) is 2.98. The van der Waals surface area contributed by atoms with E-state index in [9.17, 15) is 4.79 Å². The minimum absolute atomic E-state index is 0.0296. The first-order valence-corrected chi connectivity index (χ1v) is 9.21. The molecular weight excluding hydrogens is 330 g/mol. The second-order valence-electron chi connectivity index (χ2n) is 5.51.